The summed E-state index contributed by atoms with van der Waals surface area (Å²) in [5.74, 6) is 0. The molecule has 2 atom stereocenters. The van der Waals surface area contributed by atoms with Crippen LogP contribution in [0.1, 0.15) is 17.7 Å². The molecule has 0 aliphatic rings. The Morgan fingerprint density at radius 3 is 2.13 bits per heavy atom. The first-order chi connectivity index (χ1) is 6.82. The molecule has 0 saturated carbocycles. The van der Waals surface area contributed by atoms with Gasteiger partial charge in [0.25, 0.3) is 10.1 Å². The highest BCUT2D eigenvalue weighted by Crippen LogP contribution is 2.25. The number of benzene rings is 1. The number of nitrogens with two attached hydrogens (primary N) is 1. The zero-order valence-corrected chi connectivity index (χ0v) is 9.66. The van der Waals surface area contributed by atoms with Crippen molar-refractivity contribution in [3.8, 4) is 0 Å². The second kappa shape index (κ2) is 4.49. The highest BCUT2D eigenvalue weighted by molar-refractivity contribution is 7.86. The number of halogens is 1. The van der Waals surface area contributed by atoms with E-state index in [9.17, 15) is 8.42 Å². The maximum Gasteiger partial charge on any atom is 0.273 e. The van der Waals surface area contributed by atoms with Gasteiger partial charge >= 0.3 is 0 Å². The predicted molar refractivity (Wildman–Crippen MR) is 59.4 cm³/mol. The van der Waals surface area contributed by atoms with Crippen LogP contribution < -0.4 is 5.73 Å². The summed E-state index contributed by atoms with van der Waals surface area (Å²) < 4.78 is 31.2. The molecule has 1 aromatic carbocycles. The largest absolute Gasteiger partial charge is 0.326 e. The van der Waals surface area contributed by atoms with Crippen LogP contribution in [-0.4, -0.2) is 19.0 Å². The Morgan fingerprint density at radius 1 is 1.33 bits per heavy atom. The molecular formula is C9H12ClNO3S. The number of rotatable bonds is 3. The lowest BCUT2D eigenvalue weighted by molar-refractivity contribution is 0.458. The molecular weight excluding hydrogens is 238 g/mol. The lowest BCUT2D eigenvalue weighted by Crippen LogP contribution is -2.30. The first kappa shape index (κ1) is 12.4. The molecule has 0 spiro atoms. The van der Waals surface area contributed by atoms with E-state index in [1.165, 1.54) is 19.1 Å². The third-order valence-corrected chi connectivity index (χ3v) is 3.59. The first-order valence-electron chi connectivity index (χ1n) is 4.29. The molecule has 0 unspecified atom stereocenters. The summed E-state index contributed by atoms with van der Waals surface area (Å²) in [5, 5.41) is -0.618. The van der Waals surface area contributed by atoms with Gasteiger partial charge in [0.2, 0.25) is 0 Å². The summed E-state index contributed by atoms with van der Waals surface area (Å²) in [4.78, 5) is 0. The zero-order valence-electron chi connectivity index (χ0n) is 8.09. The molecule has 0 aromatic heterocycles. The fraction of sp³-hybridized carbons (Fsp3) is 0.333. The van der Waals surface area contributed by atoms with Gasteiger partial charge in [-0.2, -0.15) is 8.42 Å². The van der Waals surface area contributed by atoms with E-state index in [1.807, 2.05) is 0 Å². The van der Waals surface area contributed by atoms with E-state index in [0.717, 1.165) is 0 Å². The van der Waals surface area contributed by atoms with Gasteiger partial charge in [-0.1, -0.05) is 23.7 Å². The molecule has 0 aliphatic heterocycles. The Morgan fingerprint density at radius 2 is 1.80 bits per heavy atom. The Kier molecular flexibility index (Phi) is 3.72. The van der Waals surface area contributed by atoms with Crippen molar-refractivity contribution >= 4 is 21.7 Å². The molecule has 6 heteroatoms. The molecule has 0 aliphatic carbocycles. The van der Waals surface area contributed by atoms with Gasteiger partial charge in [-0.05, 0) is 24.6 Å². The van der Waals surface area contributed by atoms with Crippen LogP contribution >= 0.6 is 11.6 Å². The normalized spacial score (nSPS) is 16.0. The fourth-order valence-corrected chi connectivity index (χ4v) is 2.57. The van der Waals surface area contributed by atoms with E-state index in [1.54, 1.807) is 12.1 Å². The summed E-state index contributed by atoms with van der Waals surface area (Å²) in [6.45, 7) is 1.52. The van der Waals surface area contributed by atoms with Gasteiger partial charge in [-0.25, -0.2) is 0 Å². The quantitative estimate of drug-likeness (QED) is 0.798. The van der Waals surface area contributed by atoms with Gasteiger partial charge in [0.05, 0.1) is 0 Å². The minimum absolute atomic E-state index is 0.428. The van der Waals surface area contributed by atoms with Gasteiger partial charge in [0, 0.05) is 11.1 Å². The Labute approximate surface area is 93.8 Å². The average molecular weight is 250 g/mol. The van der Waals surface area contributed by atoms with Gasteiger partial charge in [0.15, 0.2) is 0 Å². The number of hydrogen-bond donors (Lipinski definition) is 2. The van der Waals surface area contributed by atoms with E-state index in [-0.39, 0.29) is 0 Å². The Hall–Kier alpha value is -0.620. The summed E-state index contributed by atoms with van der Waals surface area (Å²) in [6.07, 6.45) is 0. The third kappa shape index (κ3) is 3.17. The standard InChI is InChI=1S/C9H12ClNO3S/c1-6(11)9(15(12,13)14)7-2-4-8(10)5-3-7/h2-6,9H,11H2,1H3,(H,12,13,14)/t6-,9-/m1/s1. The van der Waals surface area contributed by atoms with Crippen LogP contribution in [0, 0.1) is 0 Å². The van der Waals surface area contributed by atoms with E-state index >= 15 is 0 Å². The van der Waals surface area contributed by atoms with E-state index in [4.69, 9.17) is 21.9 Å². The first-order valence-corrected chi connectivity index (χ1v) is 6.18. The summed E-state index contributed by atoms with van der Waals surface area (Å²) in [6, 6.07) is 5.48. The molecule has 0 bridgehead atoms. The fourth-order valence-electron chi connectivity index (χ4n) is 1.40. The predicted octanol–water partition coefficient (Wildman–Crippen LogP) is 1.62. The van der Waals surface area contributed by atoms with Crippen LogP contribution in [0.5, 0.6) is 0 Å². The maximum atomic E-state index is 11.1. The molecule has 1 rings (SSSR count). The second-order valence-corrected chi connectivity index (χ2v) is 5.32. The van der Waals surface area contributed by atoms with Crippen LogP contribution in [-0.2, 0) is 10.1 Å². The SMILES string of the molecule is C[C@@H](N)[C@H](c1ccc(Cl)cc1)S(=O)(=O)O. The maximum absolute atomic E-state index is 11.1. The topological polar surface area (TPSA) is 80.4 Å². The molecule has 0 heterocycles. The molecule has 84 valence electrons. The Bertz CT molecular complexity index is 427. The summed E-state index contributed by atoms with van der Waals surface area (Å²) in [5.41, 5.74) is 5.95. The van der Waals surface area contributed by atoms with Crippen LogP contribution in [0.25, 0.3) is 0 Å². The summed E-state index contributed by atoms with van der Waals surface area (Å²) in [7, 11) is -4.20. The van der Waals surface area contributed by atoms with Crippen molar-refractivity contribution in [1.29, 1.82) is 0 Å². The molecule has 3 N–H and O–H groups in total. The van der Waals surface area contributed by atoms with E-state index < -0.39 is 21.4 Å². The molecule has 0 saturated heterocycles. The van der Waals surface area contributed by atoms with Crippen LogP contribution in [0.4, 0.5) is 0 Å². The molecule has 0 radical (unpaired) electrons. The minimum atomic E-state index is -4.20. The van der Waals surface area contributed by atoms with Gasteiger partial charge in [-0.3, -0.25) is 4.55 Å². The molecule has 15 heavy (non-hydrogen) atoms. The van der Waals surface area contributed by atoms with Gasteiger partial charge in [0.1, 0.15) is 5.25 Å². The molecule has 1 aromatic rings. The molecule has 4 nitrogen and oxygen atoms in total. The zero-order chi connectivity index (χ0) is 11.6. The van der Waals surface area contributed by atoms with Gasteiger partial charge < -0.3 is 5.73 Å². The van der Waals surface area contributed by atoms with Crippen LogP contribution in [0.3, 0.4) is 0 Å². The van der Waals surface area contributed by atoms with Crippen molar-refractivity contribution in [3.05, 3.63) is 34.9 Å². The van der Waals surface area contributed by atoms with Crippen molar-refractivity contribution in [2.75, 3.05) is 0 Å². The molecule has 0 fully saturated rings. The average Bonchev–Trinajstić information content (AvgIpc) is 2.05. The van der Waals surface area contributed by atoms with Crippen molar-refractivity contribution in [2.24, 2.45) is 5.73 Å². The van der Waals surface area contributed by atoms with Crippen LogP contribution in [0.2, 0.25) is 5.02 Å². The Balaban J connectivity index is 3.17. The smallest absolute Gasteiger partial charge is 0.273 e. The van der Waals surface area contributed by atoms with Crippen molar-refractivity contribution < 1.29 is 13.0 Å². The second-order valence-electron chi connectivity index (χ2n) is 3.35. The summed E-state index contributed by atoms with van der Waals surface area (Å²) >= 11 is 5.67. The van der Waals surface area contributed by atoms with Crippen molar-refractivity contribution in [2.45, 2.75) is 18.2 Å². The number of hydrogen-bond acceptors (Lipinski definition) is 3. The van der Waals surface area contributed by atoms with E-state index in [2.05, 4.69) is 0 Å². The third-order valence-electron chi connectivity index (χ3n) is 2.00. The van der Waals surface area contributed by atoms with Crippen LogP contribution in [0.15, 0.2) is 24.3 Å². The lowest BCUT2D eigenvalue weighted by atomic mass is 10.1. The highest BCUT2D eigenvalue weighted by atomic mass is 35.5. The minimum Gasteiger partial charge on any atom is -0.326 e. The van der Waals surface area contributed by atoms with Crippen molar-refractivity contribution in [1.82, 2.24) is 0 Å². The lowest BCUT2D eigenvalue weighted by Gasteiger charge is -2.17. The van der Waals surface area contributed by atoms with Gasteiger partial charge in [-0.15, -0.1) is 0 Å². The van der Waals surface area contributed by atoms with E-state index in [0.29, 0.717) is 10.6 Å². The molecule has 0 amide bonds. The monoisotopic (exact) mass is 249 g/mol. The van der Waals surface area contributed by atoms with Crippen molar-refractivity contribution in [3.63, 3.8) is 0 Å². The highest BCUT2D eigenvalue weighted by Gasteiger charge is 2.28.